The van der Waals surface area contributed by atoms with E-state index >= 15 is 0 Å². The quantitative estimate of drug-likeness (QED) is 0.315. The van der Waals surface area contributed by atoms with Gasteiger partial charge in [-0.15, -0.1) is 6.58 Å². The number of allylic oxidation sites excluding steroid dienone is 1. The fourth-order valence-electron chi connectivity index (χ4n) is 0.888. The van der Waals surface area contributed by atoms with Crippen LogP contribution in [0.5, 0.6) is 0 Å². The lowest BCUT2D eigenvalue weighted by Crippen LogP contribution is -2.30. The first kappa shape index (κ1) is 17.0. The van der Waals surface area contributed by atoms with Gasteiger partial charge < -0.3 is 16.4 Å². The summed E-state index contributed by atoms with van der Waals surface area (Å²) < 4.78 is 0. The minimum Gasteiger partial charge on any atom is -0.359 e. The Morgan fingerprint density at radius 2 is 1.88 bits per heavy atom. The summed E-state index contributed by atoms with van der Waals surface area (Å²) in [6.45, 7) is 6.66. The summed E-state index contributed by atoms with van der Waals surface area (Å²) in [6.07, 6.45) is 5.30. The van der Waals surface area contributed by atoms with Crippen LogP contribution in [0.25, 0.3) is 0 Å². The summed E-state index contributed by atoms with van der Waals surface area (Å²) in [5, 5.41) is 5.24. The van der Waals surface area contributed by atoms with Gasteiger partial charge in [0.1, 0.15) is 0 Å². The molecule has 0 atom stereocenters. The molecule has 0 spiro atoms. The standard InChI is InChI=1S/C8H17N3O2.C3H6/c9-6-8(13)11-5-3-1-2-4-10-7-12;1-3-2/h7H,1-6,9H2,(H,10,12)(H,11,13);3H,1H2,2H3. The van der Waals surface area contributed by atoms with Gasteiger partial charge in [-0.1, -0.05) is 6.08 Å². The minimum absolute atomic E-state index is 0.0483. The molecule has 94 valence electrons. The van der Waals surface area contributed by atoms with Crippen LogP contribution in [0.3, 0.4) is 0 Å². The van der Waals surface area contributed by atoms with Crippen molar-refractivity contribution >= 4 is 12.3 Å². The average molecular weight is 229 g/mol. The maximum Gasteiger partial charge on any atom is 0.233 e. The van der Waals surface area contributed by atoms with E-state index in [0.29, 0.717) is 19.5 Å². The van der Waals surface area contributed by atoms with Gasteiger partial charge >= 0.3 is 0 Å². The Kier molecular flexibility index (Phi) is 17.1. The number of amides is 2. The Bertz CT molecular complexity index is 184. The van der Waals surface area contributed by atoms with Gasteiger partial charge in [-0.3, -0.25) is 9.59 Å². The zero-order valence-electron chi connectivity index (χ0n) is 10.00. The Morgan fingerprint density at radius 1 is 1.31 bits per heavy atom. The van der Waals surface area contributed by atoms with Gasteiger partial charge in [-0.2, -0.15) is 0 Å². The highest BCUT2D eigenvalue weighted by Crippen LogP contribution is 1.91. The van der Waals surface area contributed by atoms with Crippen molar-refractivity contribution in [1.82, 2.24) is 10.6 Å². The van der Waals surface area contributed by atoms with Gasteiger partial charge in [0.2, 0.25) is 12.3 Å². The number of rotatable bonds is 8. The first-order chi connectivity index (χ1) is 7.72. The number of carbonyl (C=O) groups is 2. The molecular weight excluding hydrogens is 206 g/mol. The third-order valence-electron chi connectivity index (χ3n) is 1.59. The van der Waals surface area contributed by atoms with E-state index < -0.39 is 0 Å². The number of carbonyl (C=O) groups excluding carboxylic acids is 2. The second-order valence-electron chi connectivity index (χ2n) is 3.09. The van der Waals surface area contributed by atoms with E-state index in [1.54, 1.807) is 6.08 Å². The number of nitrogens with one attached hydrogen (secondary N) is 2. The van der Waals surface area contributed by atoms with Gasteiger partial charge in [-0.25, -0.2) is 0 Å². The molecule has 0 bridgehead atoms. The molecule has 2 amide bonds. The van der Waals surface area contributed by atoms with Crippen molar-refractivity contribution < 1.29 is 9.59 Å². The molecule has 0 aromatic heterocycles. The van der Waals surface area contributed by atoms with E-state index in [1.807, 2.05) is 6.92 Å². The maximum atomic E-state index is 10.7. The van der Waals surface area contributed by atoms with Crippen molar-refractivity contribution in [3.05, 3.63) is 12.7 Å². The number of unbranched alkanes of at least 4 members (excludes halogenated alkanes) is 2. The lowest BCUT2D eigenvalue weighted by atomic mass is 10.2. The first-order valence-electron chi connectivity index (χ1n) is 5.43. The van der Waals surface area contributed by atoms with Crippen molar-refractivity contribution in [3.8, 4) is 0 Å². The molecule has 0 heterocycles. The van der Waals surface area contributed by atoms with E-state index in [0.717, 1.165) is 19.3 Å². The Balaban J connectivity index is 0. The number of nitrogens with two attached hydrogens (primary N) is 1. The summed E-state index contributed by atoms with van der Waals surface area (Å²) in [4.78, 5) is 20.5. The third-order valence-corrected chi connectivity index (χ3v) is 1.59. The molecule has 16 heavy (non-hydrogen) atoms. The minimum atomic E-state index is -0.119. The molecule has 5 heteroatoms. The summed E-state index contributed by atoms with van der Waals surface area (Å²) in [6, 6.07) is 0. The zero-order valence-corrected chi connectivity index (χ0v) is 10.00. The molecule has 0 aromatic carbocycles. The highest BCUT2D eigenvalue weighted by Gasteiger charge is 1.94. The van der Waals surface area contributed by atoms with Crippen LogP contribution in [0.1, 0.15) is 26.2 Å². The molecule has 0 saturated heterocycles. The number of hydrogen-bond donors (Lipinski definition) is 3. The van der Waals surface area contributed by atoms with Crippen molar-refractivity contribution in [2.45, 2.75) is 26.2 Å². The van der Waals surface area contributed by atoms with E-state index in [1.165, 1.54) is 0 Å². The van der Waals surface area contributed by atoms with Crippen LogP contribution in [0.2, 0.25) is 0 Å². The predicted molar refractivity (Wildman–Crippen MR) is 65.9 cm³/mol. The molecule has 0 rings (SSSR count). The molecule has 0 aliphatic carbocycles. The van der Waals surface area contributed by atoms with Gasteiger partial charge in [0, 0.05) is 13.1 Å². The topological polar surface area (TPSA) is 84.2 Å². The molecule has 0 unspecified atom stereocenters. The average Bonchev–Trinajstić information content (AvgIpc) is 2.28. The Labute approximate surface area is 97.5 Å². The molecular formula is C11H23N3O2. The predicted octanol–water partition coefficient (Wildman–Crippen LogP) is 0.170. The van der Waals surface area contributed by atoms with Crippen LogP contribution in [-0.2, 0) is 9.59 Å². The molecule has 0 fully saturated rings. The monoisotopic (exact) mass is 229 g/mol. The Hall–Kier alpha value is -1.36. The fraction of sp³-hybridized carbons (Fsp3) is 0.636. The van der Waals surface area contributed by atoms with Gasteiger partial charge in [0.25, 0.3) is 0 Å². The van der Waals surface area contributed by atoms with Crippen LogP contribution in [0.4, 0.5) is 0 Å². The van der Waals surface area contributed by atoms with Crippen molar-refractivity contribution in [2.24, 2.45) is 5.73 Å². The van der Waals surface area contributed by atoms with Crippen molar-refractivity contribution in [3.63, 3.8) is 0 Å². The van der Waals surface area contributed by atoms with Gasteiger partial charge in [0.05, 0.1) is 6.54 Å². The normalized spacial score (nSPS) is 8.38. The van der Waals surface area contributed by atoms with Crippen LogP contribution in [-0.4, -0.2) is 32.0 Å². The summed E-state index contributed by atoms with van der Waals surface area (Å²) in [7, 11) is 0. The molecule has 0 aliphatic heterocycles. The fourth-order valence-corrected chi connectivity index (χ4v) is 0.888. The highest BCUT2D eigenvalue weighted by atomic mass is 16.1. The largest absolute Gasteiger partial charge is 0.359 e. The lowest BCUT2D eigenvalue weighted by Gasteiger charge is -2.02. The summed E-state index contributed by atoms with van der Waals surface area (Å²) in [5.41, 5.74) is 5.09. The zero-order chi connectivity index (χ0) is 12.6. The summed E-state index contributed by atoms with van der Waals surface area (Å²) in [5.74, 6) is -0.119. The van der Waals surface area contributed by atoms with Crippen LogP contribution in [0, 0.1) is 0 Å². The summed E-state index contributed by atoms with van der Waals surface area (Å²) >= 11 is 0. The smallest absolute Gasteiger partial charge is 0.233 e. The lowest BCUT2D eigenvalue weighted by molar-refractivity contribution is -0.119. The van der Waals surface area contributed by atoms with Crippen molar-refractivity contribution in [1.29, 1.82) is 0 Å². The first-order valence-corrected chi connectivity index (χ1v) is 5.43. The second kappa shape index (κ2) is 16.1. The van der Waals surface area contributed by atoms with E-state index in [2.05, 4.69) is 17.2 Å². The molecule has 4 N–H and O–H groups in total. The van der Waals surface area contributed by atoms with E-state index in [-0.39, 0.29) is 12.5 Å². The second-order valence-corrected chi connectivity index (χ2v) is 3.09. The SMILES string of the molecule is C=CC.NCC(=O)NCCCCCNC=O. The van der Waals surface area contributed by atoms with Gasteiger partial charge in [0.15, 0.2) is 0 Å². The molecule has 0 aromatic rings. The van der Waals surface area contributed by atoms with Gasteiger partial charge in [-0.05, 0) is 26.2 Å². The molecule has 5 nitrogen and oxygen atoms in total. The highest BCUT2D eigenvalue weighted by molar-refractivity contribution is 5.77. The van der Waals surface area contributed by atoms with Crippen molar-refractivity contribution in [2.75, 3.05) is 19.6 Å². The van der Waals surface area contributed by atoms with E-state index in [4.69, 9.17) is 5.73 Å². The van der Waals surface area contributed by atoms with Crippen LogP contribution in [0.15, 0.2) is 12.7 Å². The number of hydrogen-bond acceptors (Lipinski definition) is 3. The van der Waals surface area contributed by atoms with E-state index in [9.17, 15) is 9.59 Å². The molecule has 0 aliphatic rings. The Morgan fingerprint density at radius 3 is 2.38 bits per heavy atom. The molecule has 0 radical (unpaired) electrons. The van der Waals surface area contributed by atoms with Crippen LogP contribution < -0.4 is 16.4 Å². The van der Waals surface area contributed by atoms with Crippen LogP contribution >= 0.6 is 0 Å². The molecule has 0 saturated carbocycles. The third kappa shape index (κ3) is 18.4. The maximum absolute atomic E-state index is 10.7.